The predicted octanol–water partition coefficient (Wildman–Crippen LogP) is 4.33. The minimum atomic E-state index is 0.534. The first-order valence-corrected chi connectivity index (χ1v) is 6.60. The molecule has 0 amide bonds. The van der Waals surface area contributed by atoms with Crippen molar-refractivity contribution in [3.05, 3.63) is 84.6 Å². The fraction of sp³-hybridized carbons (Fsp3) is 0.0556. The van der Waals surface area contributed by atoms with Gasteiger partial charge in [-0.2, -0.15) is 0 Å². The third-order valence-corrected chi connectivity index (χ3v) is 3.07. The maximum absolute atomic E-state index is 5.74. The van der Waals surface area contributed by atoms with Crippen LogP contribution in [0.3, 0.4) is 0 Å². The highest BCUT2D eigenvalue weighted by molar-refractivity contribution is 5.63. The van der Waals surface area contributed by atoms with Gasteiger partial charge in [0.25, 0.3) is 0 Å². The molecular formula is C18H15NO. The molecule has 1 heterocycles. The molecular weight excluding hydrogens is 246 g/mol. The average Bonchev–Trinajstić information content (AvgIpc) is 2.55. The molecule has 3 rings (SSSR count). The summed E-state index contributed by atoms with van der Waals surface area (Å²) in [7, 11) is 0. The summed E-state index contributed by atoms with van der Waals surface area (Å²) in [5.41, 5.74) is 3.42. The fourth-order valence-electron chi connectivity index (χ4n) is 2.03. The topological polar surface area (TPSA) is 22.1 Å². The molecule has 0 atom stereocenters. The van der Waals surface area contributed by atoms with E-state index in [1.54, 1.807) is 6.20 Å². The van der Waals surface area contributed by atoms with Gasteiger partial charge in [0.15, 0.2) is 0 Å². The van der Waals surface area contributed by atoms with Crippen molar-refractivity contribution in [1.29, 1.82) is 0 Å². The summed E-state index contributed by atoms with van der Waals surface area (Å²) in [4.78, 5) is 4.26. The Hall–Kier alpha value is -2.61. The van der Waals surface area contributed by atoms with E-state index in [2.05, 4.69) is 17.1 Å². The molecule has 0 aliphatic carbocycles. The lowest BCUT2D eigenvalue weighted by Crippen LogP contribution is -1.96. The Bertz CT molecular complexity index is 665. The number of pyridine rings is 1. The zero-order valence-corrected chi connectivity index (χ0v) is 11.1. The second-order valence-corrected chi connectivity index (χ2v) is 4.52. The van der Waals surface area contributed by atoms with Crippen molar-refractivity contribution < 1.29 is 4.74 Å². The molecule has 0 aliphatic rings. The van der Waals surface area contributed by atoms with Gasteiger partial charge in [0.2, 0.25) is 5.88 Å². The van der Waals surface area contributed by atoms with Crippen LogP contribution in [0.5, 0.6) is 5.88 Å². The number of hydrogen-bond acceptors (Lipinski definition) is 2. The van der Waals surface area contributed by atoms with Crippen molar-refractivity contribution >= 4 is 0 Å². The molecule has 2 heteroatoms. The van der Waals surface area contributed by atoms with Crippen molar-refractivity contribution in [3.8, 4) is 17.0 Å². The smallest absolute Gasteiger partial charge is 0.214 e. The Labute approximate surface area is 118 Å². The van der Waals surface area contributed by atoms with E-state index in [1.807, 2.05) is 60.7 Å². The number of ether oxygens (including phenoxy) is 1. The summed E-state index contributed by atoms with van der Waals surface area (Å²) in [6.45, 7) is 0.534. The van der Waals surface area contributed by atoms with Crippen LogP contribution in [-0.4, -0.2) is 4.98 Å². The molecule has 0 N–H and O–H groups in total. The lowest BCUT2D eigenvalue weighted by molar-refractivity contribution is 0.294. The lowest BCUT2D eigenvalue weighted by atomic mass is 10.1. The van der Waals surface area contributed by atoms with Crippen LogP contribution in [0.1, 0.15) is 5.56 Å². The van der Waals surface area contributed by atoms with Gasteiger partial charge >= 0.3 is 0 Å². The third kappa shape index (κ3) is 3.04. The molecule has 0 saturated heterocycles. The number of rotatable bonds is 4. The summed E-state index contributed by atoms with van der Waals surface area (Å²) < 4.78 is 5.74. The first-order valence-electron chi connectivity index (χ1n) is 6.60. The van der Waals surface area contributed by atoms with Crippen molar-refractivity contribution in [2.75, 3.05) is 0 Å². The molecule has 0 bridgehead atoms. The summed E-state index contributed by atoms with van der Waals surface area (Å²) in [5, 5.41) is 0. The van der Waals surface area contributed by atoms with E-state index < -0.39 is 0 Å². The van der Waals surface area contributed by atoms with Gasteiger partial charge in [-0.3, -0.25) is 0 Å². The molecule has 0 saturated carbocycles. The van der Waals surface area contributed by atoms with Crippen LogP contribution in [-0.2, 0) is 6.61 Å². The van der Waals surface area contributed by atoms with Crippen molar-refractivity contribution in [3.63, 3.8) is 0 Å². The van der Waals surface area contributed by atoms with Gasteiger partial charge in [0.05, 0.1) is 0 Å². The van der Waals surface area contributed by atoms with Crippen LogP contribution in [0.2, 0.25) is 0 Å². The number of benzene rings is 2. The molecule has 0 unspecified atom stereocenters. The second kappa shape index (κ2) is 6.02. The van der Waals surface area contributed by atoms with Crippen molar-refractivity contribution in [2.45, 2.75) is 6.61 Å². The van der Waals surface area contributed by atoms with Gasteiger partial charge in [-0.05, 0) is 22.8 Å². The molecule has 0 fully saturated rings. The van der Waals surface area contributed by atoms with Crippen LogP contribution >= 0.6 is 0 Å². The van der Waals surface area contributed by atoms with E-state index in [0.29, 0.717) is 12.5 Å². The second-order valence-electron chi connectivity index (χ2n) is 4.52. The number of aromatic nitrogens is 1. The molecule has 3 aromatic rings. The maximum Gasteiger partial charge on any atom is 0.214 e. The van der Waals surface area contributed by atoms with Gasteiger partial charge in [-0.25, -0.2) is 4.98 Å². The summed E-state index contributed by atoms with van der Waals surface area (Å²) in [6.07, 6.45) is 1.78. The largest absolute Gasteiger partial charge is 0.473 e. The van der Waals surface area contributed by atoms with Crippen LogP contribution in [0.15, 0.2) is 79.0 Å². The zero-order chi connectivity index (χ0) is 13.6. The van der Waals surface area contributed by atoms with E-state index in [-0.39, 0.29) is 0 Å². The van der Waals surface area contributed by atoms with E-state index in [4.69, 9.17) is 4.74 Å². The molecule has 2 nitrogen and oxygen atoms in total. The molecule has 98 valence electrons. The van der Waals surface area contributed by atoms with Gasteiger partial charge in [0, 0.05) is 12.3 Å². The van der Waals surface area contributed by atoms with E-state index >= 15 is 0 Å². The van der Waals surface area contributed by atoms with Crippen LogP contribution in [0, 0.1) is 0 Å². The summed E-state index contributed by atoms with van der Waals surface area (Å²) in [5.74, 6) is 0.648. The molecule has 0 radical (unpaired) electrons. The molecule has 0 spiro atoms. The minimum Gasteiger partial charge on any atom is -0.473 e. The highest BCUT2D eigenvalue weighted by Crippen LogP contribution is 2.22. The first-order chi connectivity index (χ1) is 9.92. The molecule has 20 heavy (non-hydrogen) atoms. The Balaban J connectivity index is 1.75. The highest BCUT2D eigenvalue weighted by atomic mass is 16.5. The van der Waals surface area contributed by atoms with Gasteiger partial charge < -0.3 is 4.74 Å². The molecule has 2 aromatic carbocycles. The van der Waals surface area contributed by atoms with Crippen LogP contribution in [0.4, 0.5) is 0 Å². The molecule has 0 aliphatic heterocycles. The SMILES string of the molecule is c1ccc(COc2cc(-c3ccccc3)ccn2)cc1. The number of hydrogen-bond donors (Lipinski definition) is 0. The van der Waals surface area contributed by atoms with Crippen LogP contribution < -0.4 is 4.74 Å². The van der Waals surface area contributed by atoms with Gasteiger partial charge in [-0.1, -0.05) is 60.7 Å². The fourth-order valence-corrected chi connectivity index (χ4v) is 2.03. The normalized spacial score (nSPS) is 10.2. The van der Waals surface area contributed by atoms with E-state index in [9.17, 15) is 0 Å². The summed E-state index contributed by atoms with van der Waals surface area (Å²) in [6, 6.07) is 24.3. The number of nitrogens with zero attached hydrogens (tertiary/aromatic N) is 1. The minimum absolute atomic E-state index is 0.534. The Kier molecular flexibility index (Phi) is 3.74. The van der Waals surface area contributed by atoms with E-state index in [0.717, 1.165) is 11.1 Å². The quantitative estimate of drug-likeness (QED) is 0.697. The summed E-state index contributed by atoms with van der Waals surface area (Å²) >= 11 is 0. The zero-order valence-electron chi connectivity index (χ0n) is 11.1. The van der Waals surface area contributed by atoms with Crippen molar-refractivity contribution in [1.82, 2.24) is 4.98 Å². The Morgan fingerprint density at radius 2 is 1.45 bits per heavy atom. The van der Waals surface area contributed by atoms with Crippen molar-refractivity contribution in [2.24, 2.45) is 0 Å². The Morgan fingerprint density at radius 3 is 2.20 bits per heavy atom. The van der Waals surface area contributed by atoms with Gasteiger partial charge in [-0.15, -0.1) is 0 Å². The Morgan fingerprint density at radius 1 is 0.750 bits per heavy atom. The lowest BCUT2D eigenvalue weighted by Gasteiger charge is -2.07. The standard InChI is InChI=1S/C18H15NO/c1-3-7-15(8-4-1)14-20-18-13-17(11-12-19-18)16-9-5-2-6-10-16/h1-13H,14H2. The van der Waals surface area contributed by atoms with Gasteiger partial charge in [0.1, 0.15) is 6.61 Å². The predicted molar refractivity (Wildman–Crippen MR) is 80.4 cm³/mol. The maximum atomic E-state index is 5.74. The highest BCUT2D eigenvalue weighted by Gasteiger charge is 2.01. The molecule has 1 aromatic heterocycles. The van der Waals surface area contributed by atoms with E-state index in [1.165, 1.54) is 5.56 Å². The van der Waals surface area contributed by atoms with Crippen LogP contribution in [0.25, 0.3) is 11.1 Å². The average molecular weight is 261 g/mol. The monoisotopic (exact) mass is 261 g/mol. The first kappa shape index (κ1) is 12.4. The third-order valence-electron chi connectivity index (χ3n) is 3.07.